The molecule has 0 amide bonds. The second-order valence-corrected chi connectivity index (χ2v) is 6.98. The molecule has 1 aromatic heterocycles. The number of pyridine rings is 1. The van der Waals surface area contributed by atoms with Crippen molar-refractivity contribution in [2.24, 2.45) is 17.6 Å². The first-order valence-corrected chi connectivity index (χ1v) is 8.24. The third kappa shape index (κ3) is 6.00. The summed E-state index contributed by atoms with van der Waals surface area (Å²) in [4.78, 5) is 7.49. The fourth-order valence-corrected chi connectivity index (χ4v) is 2.29. The minimum Gasteiger partial charge on any atom is -0.389 e. The lowest BCUT2D eigenvalue weighted by atomic mass is 10.1. The molecule has 1 rings (SSSR count). The Morgan fingerprint density at radius 3 is 2.10 bits per heavy atom. The molecule has 0 atom stereocenters. The van der Waals surface area contributed by atoms with E-state index in [1.165, 1.54) is 0 Å². The summed E-state index contributed by atoms with van der Waals surface area (Å²) in [7, 11) is 0. The monoisotopic (exact) mass is 307 g/mol. The van der Waals surface area contributed by atoms with Crippen LogP contribution in [0.5, 0.6) is 0 Å². The molecule has 0 aliphatic carbocycles. The van der Waals surface area contributed by atoms with Gasteiger partial charge in [-0.25, -0.2) is 4.98 Å². The zero-order valence-electron chi connectivity index (χ0n) is 14.0. The van der Waals surface area contributed by atoms with Crippen LogP contribution >= 0.6 is 12.2 Å². The Balaban J connectivity index is 3.04. The van der Waals surface area contributed by atoms with Gasteiger partial charge < -0.3 is 10.6 Å². The summed E-state index contributed by atoms with van der Waals surface area (Å²) >= 11 is 5.19. The predicted molar refractivity (Wildman–Crippen MR) is 96.0 cm³/mol. The summed E-state index contributed by atoms with van der Waals surface area (Å²) in [6.45, 7) is 13.0. The smallest absolute Gasteiger partial charge is 0.139 e. The van der Waals surface area contributed by atoms with Crippen molar-refractivity contribution < 1.29 is 0 Å². The summed E-state index contributed by atoms with van der Waals surface area (Å²) < 4.78 is 0. The van der Waals surface area contributed by atoms with Crippen molar-refractivity contribution >= 4 is 23.0 Å². The van der Waals surface area contributed by atoms with E-state index >= 15 is 0 Å². The van der Waals surface area contributed by atoms with Crippen molar-refractivity contribution in [2.45, 2.75) is 47.5 Å². The van der Waals surface area contributed by atoms with Gasteiger partial charge in [0.25, 0.3) is 0 Å². The first-order valence-electron chi connectivity index (χ1n) is 7.83. The van der Waals surface area contributed by atoms with E-state index in [1.807, 2.05) is 19.1 Å². The zero-order valence-corrected chi connectivity index (χ0v) is 14.8. The van der Waals surface area contributed by atoms with Crippen LogP contribution in [0.3, 0.4) is 0 Å². The number of nitrogens with two attached hydrogens (primary N) is 1. The molecule has 0 radical (unpaired) electrons. The SMILES string of the molecule is Cc1ccc(C(N)=S)c(N(CCC(C)C)CCC(C)C)n1. The van der Waals surface area contributed by atoms with Gasteiger partial charge >= 0.3 is 0 Å². The molecule has 1 heterocycles. The van der Waals surface area contributed by atoms with Gasteiger partial charge in [-0.1, -0.05) is 39.9 Å². The second kappa shape index (κ2) is 8.32. The maximum Gasteiger partial charge on any atom is 0.139 e. The molecule has 0 saturated heterocycles. The van der Waals surface area contributed by atoms with Gasteiger partial charge in [-0.3, -0.25) is 0 Å². The molecular formula is C17H29N3S. The fraction of sp³-hybridized carbons (Fsp3) is 0.647. The molecule has 4 heteroatoms. The molecule has 3 nitrogen and oxygen atoms in total. The van der Waals surface area contributed by atoms with Crippen LogP contribution in [0.15, 0.2) is 12.1 Å². The van der Waals surface area contributed by atoms with E-state index in [-0.39, 0.29) is 0 Å². The van der Waals surface area contributed by atoms with Crippen molar-refractivity contribution in [2.75, 3.05) is 18.0 Å². The lowest BCUT2D eigenvalue weighted by Crippen LogP contribution is -2.31. The maximum atomic E-state index is 5.88. The van der Waals surface area contributed by atoms with E-state index in [0.29, 0.717) is 16.8 Å². The topological polar surface area (TPSA) is 42.1 Å². The molecule has 1 aromatic rings. The lowest BCUT2D eigenvalue weighted by Gasteiger charge is -2.27. The largest absolute Gasteiger partial charge is 0.389 e. The van der Waals surface area contributed by atoms with Gasteiger partial charge in [-0.2, -0.15) is 0 Å². The Morgan fingerprint density at radius 1 is 1.14 bits per heavy atom. The average molecular weight is 308 g/mol. The predicted octanol–water partition coefficient (Wildman–Crippen LogP) is 3.92. The van der Waals surface area contributed by atoms with Gasteiger partial charge in [-0.05, 0) is 43.7 Å². The third-order valence-electron chi connectivity index (χ3n) is 3.53. The average Bonchev–Trinajstić information content (AvgIpc) is 2.37. The second-order valence-electron chi connectivity index (χ2n) is 6.54. The summed E-state index contributed by atoms with van der Waals surface area (Å²) in [5.41, 5.74) is 7.77. The fourth-order valence-electron chi connectivity index (χ4n) is 2.13. The minimum absolute atomic E-state index is 0.427. The standard InChI is InChI=1S/C17H29N3S/c1-12(2)8-10-20(11-9-13(3)4)17-15(16(18)21)7-6-14(5)19-17/h6-7,12-13H,8-11H2,1-5H3,(H2,18,21). The normalized spacial score (nSPS) is 11.2. The Labute approximate surface area is 134 Å². The highest BCUT2D eigenvalue weighted by Crippen LogP contribution is 2.21. The molecule has 0 bridgehead atoms. The Morgan fingerprint density at radius 2 is 1.67 bits per heavy atom. The van der Waals surface area contributed by atoms with Crippen molar-refractivity contribution in [3.05, 3.63) is 23.4 Å². The van der Waals surface area contributed by atoms with Crippen molar-refractivity contribution in [3.63, 3.8) is 0 Å². The molecule has 0 saturated carbocycles. The molecule has 0 aromatic carbocycles. The van der Waals surface area contributed by atoms with Gasteiger partial charge in [-0.15, -0.1) is 0 Å². The van der Waals surface area contributed by atoms with Gasteiger partial charge in [0.1, 0.15) is 10.8 Å². The van der Waals surface area contributed by atoms with Crippen LogP contribution in [0.1, 0.15) is 51.8 Å². The minimum atomic E-state index is 0.427. The van der Waals surface area contributed by atoms with Gasteiger partial charge in [0.05, 0.1) is 5.56 Å². The lowest BCUT2D eigenvalue weighted by molar-refractivity contribution is 0.532. The van der Waals surface area contributed by atoms with E-state index in [9.17, 15) is 0 Å². The van der Waals surface area contributed by atoms with Gasteiger partial charge in [0, 0.05) is 18.8 Å². The summed E-state index contributed by atoms with van der Waals surface area (Å²) in [6, 6.07) is 3.97. The van der Waals surface area contributed by atoms with Crippen LogP contribution in [0.25, 0.3) is 0 Å². The van der Waals surface area contributed by atoms with Gasteiger partial charge in [0.15, 0.2) is 0 Å². The molecule has 0 aliphatic rings. The third-order valence-corrected chi connectivity index (χ3v) is 3.75. The van der Waals surface area contributed by atoms with E-state index in [0.717, 1.165) is 43.0 Å². The van der Waals surface area contributed by atoms with Crippen LogP contribution in [-0.2, 0) is 0 Å². The molecule has 118 valence electrons. The summed E-state index contributed by atoms with van der Waals surface area (Å²) in [6.07, 6.45) is 2.29. The van der Waals surface area contributed by atoms with Crippen LogP contribution in [0.2, 0.25) is 0 Å². The van der Waals surface area contributed by atoms with Crippen molar-refractivity contribution in [3.8, 4) is 0 Å². The molecule has 0 aliphatic heterocycles. The maximum absolute atomic E-state index is 5.88. The Hall–Kier alpha value is -1.16. The highest BCUT2D eigenvalue weighted by molar-refractivity contribution is 7.80. The number of aromatic nitrogens is 1. The van der Waals surface area contributed by atoms with Crippen molar-refractivity contribution in [1.29, 1.82) is 0 Å². The van der Waals surface area contributed by atoms with Crippen LogP contribution in [0, 0.1) is 18.8 Å². The molecule has 0 unspecified atom stereocenters. The van der Waals surface area contributed by atoms with E-state index < -0.39 is 0 Å². The van der Waals surface area contributed by atoms with Crippen LogP contribution in [0.4, 0.5) is 5.82 Å². The highest BCUT2D eigenvalue weighted by atomic mass is 32.1. The Bertz CT molecular complexity index is 457. The molecule has 2 N–H and O–H groups in total. The zero-order chi connectivity index (χ0) is 16.0. The highest BCUT2D eigenvalue weighted by Gasteiger charge is 2.16. The summed E-state index contributed by atoms with van der Waals surface area (Å²) in [5, 5.41) is 0. The number of nitrogens with zero attached hydrogens (tertiary/aromatic N) is 2. The number of anilines is 1. The quantitative estimate of drug-likeness (QED) is 0.739. The van der Waals surface area contributed by atoms with Gasteiger partial charge in [0.2, 0.25) is 0 Å². The van der Waals surface area contributed by atoms with E-state index in [2.05, 4.69) is 32.6 Å². The van der Waals surface area contributed by atoms with Crippen LogP contribution < -0.4 is 10.6 Å². The number of hydrogen-bond acceptors (Lipinski definition) is 3. The Kier molecular flexibility index (Phi) is 7.09. The molecular weight excluding hydrogens is 278 g/mol. The molecule has 0 spiro atoms. The number of hydrogen-bond donors (Lipinski definition) is 1. The first kappa shape index (κ1) is 17.9. The van der Waals surface area contributed by atoms with Crippen LogP contribution in [-0.4, -0.2) is 23.1 Å². The molecule has 0 fully saturated rings. The molecule has 21 heavy (non-hydrogen) atoms. The summed E-state index contributed by atoms with van der Waals surface area (Å²) in [5.74, 6) is 2.29. The number of rotatable bonds is 8. The number of thiocarbonyl (C=S) groups is 1. The van der Waals surface area contributed by atoms with E-state index in [4.69, 9.17) is 22.9 Å². The first-order chi connectivity index (χ1) is 9.81. The number of aryl methyl sites for hydroxylation is 1. The van der Waals surface area contributed by atoms with Crippen molar-refractivity contribution in [1.82, 2.24) is 4.98 Å². The van der Waals surface area contributed by atoms with E-state index in [1.54, 1.807) is 0 Å².